The molecule has 1 aromatic rings. The van der Waals surface area contributed by atoms with Crippen LogP contribution in [0.25, 0.3) is 0 Å². The fraction of sp³-hybridized carbons (Fsp3) is 0.706. The number of ether oxygens (including phenoxy) is 1. The Morgan fingerprint density at radius 1 is 1.35 bits per heavy atom. The summed E-state index contributed by atoms with van der Waals surface area (Å²) in [5.41, 5.74) is 1.20. The Hall–Kier alpha value is -0.600. The van der Waals surface area contributed by atoms with Crippen LogP contribution >= 0.6 is 35.0 Å². The molecule has 3 rings (SSSR count). The molecule has 0 spiro atoms. The lowest BCUT2D eigenvalue weighted by Crippen LogP contribution is -2.60. The van der Waals surface area contributed by atoms with Crippen LogP contribution in [0.4, 0.5) is 0 Å². The number of guanidine groups is 1. The summed E-state index contributed by atoms with van der Waals surface area (Å²) in [6, 6.07) is 1.88. The Morgan fingerprint density at radius 3 is 2.69 bits per heavy atom. The SMILES string of the molecule is CN=C(NCc1cc(Cl)c(Cl)n1C)NCC1(N2CCOCC2)CCSC1. The van der Waals surface area contributed by atoms with E-state index in [9.17, 15) is 0 Å². The van der Waals surface area contributed by atoms with E-state index in [2.05, 4.69) is 20.5 Å². The Kier molecular flexibility index (Phi) is 7.02. The van der Waals surface area contributed by atoms with E-state index in [0.29, 0.717) is 16.7 Å². The number of nitrogens with one attached hydrogen (secondary N) is 2. The highest BCUT2D eigenvalue weighted by Gasteiger charge is 2.40. The van der Waals surface area contributed by atoms with Crippen molar-refractivity contribution in [3.05, 3.63) is 21.9 Å². The molecule has 0 saturated carbocycles. The van der Waals surface area contributed by atoms with Crippen LogP contribution in [0.15, 0.2) is 11.1 Å². The van der Waals surface area contributed by atoms with E-state index in [4.69, 9.17) is 27.9 Å². The van der Waals surface area contributed by atoms with Gasteiger partial charge in [-0.25, -0.2) is 0 Å². The van der Waals surface area contributed by atoms with Crippen molar-refractivity contribution >= 4 is 40.9 Å². The van der Waals surface area contributed by atoms with Crippen molar-refractivity contribution in [2.75, 3.05) is 51.4 Å². The summed E-state index contributed by atoms with van der Waals surface area (Å²) in [5, 5.41) is 8.02. The predicted molar refractivity (Wildman–Crippen MR) is 111 cm³/mol. The third kappa shape index (κ3) is 4.44. The van der Waals surface area contributed by atoms with Crippen LogP contribution in [0.3, 0.4) is 0 Å². The third-order valence-corrected chi connectivity index (χ3v) is 7.30. The molecule has 0 bridgehead atoms. The molecule has 0 amide bonds. The van der Waals surface area contributed by atoms with E-state index in [0.717, 1.165) is 50.3 Å². The van der Waals surface area contributed by atoms with Gasteiger partial charge in [0.1, 0.15) is 5.15 Å². The van der Waals surface area contributed by atoms with E-state index < -0.39 is 0 Å². The van der Waals surface area contributed by atoms with E-state index in [1.165, 1.54) is 12.2 Å². The van der Waals surface area contributed by atoms with Crippen molar-refractivity contribution in [2.24, 2.45) is 12.0 Å². The second-order valence-corrected chi connectivity index (χ2v) is 8.61. The molecule has 6 nitrogen and oxygen atoms in total. The molecule has 26 heavy (non-hydrogen) atoms. The number of halogens is 2. The minimum atomic E-state index is 0.184. The van der Waals surface area contributed by atoms with E-state index >= 15 is 0 Å². The summed E-state index contributed by atoms with van der Waals surface area (Å²) >= 11 is 14.3. The van der Waals surface area contributed by atoms with Crippen molar-refractivity contribution < 1.29 is 4.74 Å². The van der Waals surface area contributed by atoms with Crippen LogP contribution < -0.4 is 10.6 Å². The Morgan fingerprint density at radius 2 is 2.12 bits per heavy atom. The molecule has 1 atom stereocenters. The Bertz CT molecular complexity index is 639. The number of hydrogen-bond acceptors (Lipinski definition) is 4. The van der Waals surface area contributed by atoms with Gasteiger partial charge in [-0.3, -0.25) is 9.89 Å². The van der Waals surface area contributed by atoms with Crippen LogP contribution in [0.1, 0.15) is 12.1 Å². The maximum atomic E-state index is 6.14. The average molecular weight is 420 g/mol. The minimum Gasteiger partial charge on any atom is -0.379 e. The lowest BCUT2D eigenvalue weighted by atomic mass is 9.95. The van der Waals surface area contributed by atoms with E-state index in [1.807, 2.05) is 29.4 Å². The fourth-order valence-electron chi connectivity index (χ4n) is 3.54. The number of rotatable bonds is 5. The van der Waals surface area contributed by atoms with Crippen LogP contribution in [0.5, 0.6) is 0 Å². The summed E-state index contributed by atoms with van der Waals surface area (Å²) in [6.45, 7) is 5.17. The highest BCUT2D eigenvalue weighted by molar-refractivity contribution is 7.99. The average Bonchev–Trinajstić information content (AvgIpc) is 3.24. The van der Waals surface area contributed by atoms with Gasteiger partial charge in [-0.2, -0.15) is 11.8 Å². The number of aromatic nitrogens is 1. The van der Waals surface area contributed by atoms with Gasteiger partial charge in [0.15, 0.2) is 5.96 Å². The zero-order chi connectivity index (χ0) is 18.6. The number of hydrogen-bond donors (Lipinski definition) is 2. The molecule has 2 aliphatic rings. The third-order valence-electron chi connectivity index (χ3n) is 5.23. The molecule has 2 N–H and O–H groups in total. The second-order valence-electron chi connectivity index (χ2n) is 6.74. The molecule has 146 valence electrons. The summed E-state index contributed by atoms with van der Waals surface area (Å²) in [5.74, 6) is 3.16. The van der Waals surface area contributed by atoms with Crippen LogP contribution in [-0.4, -0.2) is 72.4 Å². The zero-order valence-electron chi connectivity index (χ0n) is 15.4. The van der Waals surface area contributed by atoms with Crippen molar-refractivity contribution in [3.8, 4) is 0 Å². The number of thioether (sulfide) groups is 1. The molecule has 0 radical (unpaired) electrons. The van der Waals surface area contributed by atoms with Crippen molar-refractivity contribution in [2.45, 2.75) is 18.5 Å². The molecular formula is C17H27Cl2N5OS. The van der Waals surface area contributed by atoms with E-state index in [-0.39, 0.29) is 5.54 Å². The first-order valence-electron chi connectivity index (χ1n) is 8.90. The van der Waals surface area contributed by atoms with Crippen LogP contribution in [-0.2, 0) is 18.3 Å². The first-order chi connectivity index (χ1) is 12.6. The fourth-order valence-corrected chi connectivity index (χ4v) is 5.43. The maximum Gasteiger partial charge on any atom is 0.191 e. The minimum absolute atomic E-state index is 0.184. The van der Waals surface area contributed by atoms with Crippen molar-refractivity contribution in [1.29, 1.82) is 0 Å². The molecule has 1 aromatic heterocycles. The van der Waals surface area contributed by atoms with Gasteiger partial charge < -0.3 is 19.9 Å². The standard InChI is InChI=1S/C17H27Cl2N5OS/c1-20-16(21-10-13-9-14(18)15(19)23(13)2)22-11-17(3-8-26-12-17)24-4-6-25-7-5-24/h9H,3-8,10-12H2,1-2H3,(H2,20,21,22). The van der Waals surface area contributed by atoms with E-state index in [1.54, 1.807) is 7.05 Å². The van der Waals surface area contributed by atoms with Gasteiger partial charge in [-0.05, 0) is 18.2 Å². The topological polar surface area (TPSA) is 53.8 Å². The number of nitrogens with zero attached hydrogens (tertiary/aromatic N) is 3. The quantitative estimate of drug-likeness (QED) is 0.565. The van der Waals surface area contributed by atoms with Gasteiger partial charge in [0.25, 0.3) is 0 Å². The molecule has 2 aliphatic heterocycles. The largest absolute Gasteiger partial charge is 0.379 e. The summed E-state index contributed by atoms with van der Waals surface area (Å²) in [6.07, 6.45) is 1.20. The van der Waals surface area contributed by atoms with Gasteiger partial charge in [0, 0.05) is 50.7 Å². The molecule has 2 fully saturated rings. The Balaban J connectivity index is 1.58. The van der Waals surface area contributed by atoms with Crippen molar-refractivity contribution in [1.82, 2.24) is 20.1 Å². The first kappa shape index (κ1) is 20.1. The molecule has 0 aliphatic carbocycles. The molecule has 0 aromatic carbocycles. The molecule has 9 heteroatoms. The lowest BCUT2D eigenvalue weighted by Gasteiger charge is -2.43. The molecular weight excluding hydrogens is 393 g/mol. The lowest BCUT2D eigenvalue weighted by molar-refractivity contribution is -0.0120. The highest BCUT2D eigenvalue weighted by Crippen LogP contribution is 2.33. The van der Waals surface area contributed by atoms with Gasteiger partial charge in [-0.15, -0.1) is 0 Å². The Labute approximate surface area is 169 Å². The summed E-state index contributed by atoms with van der Waals surface area (Å²) < 4.78 is 7.41. The van der Waals surface area contributed by atoms with Gasteiger partial charge in [0.05, 0.1) is 24.8 Å². The first-order valence-corrected chi connectivity index (χ1v) is 10.8. The second kappa shape index (κ2) is 9.06. The summed E-state index contributed by atoms with van der Waals surface area (Å²) in [4.78, 5) is 6.96. The van der Waals surface area contributed by atoms with Crippen LogP contribution in [0, 0.1) is 0 Å². The molecule has 3 heterocycles. The number of aliphatic imine (C=N–C) groups is 1. The number of morpholine rings is 1. The predicted octanol–water partition coefficient (Wildman–Crippen LogP) is 2.20. The normalized spacial score (nSPS) is 24.8. The zero-order valence-corrected chi connectivity index (χ0v) is 17.7. The van der Waals surface area contributed by atoms with Crippen LogP contribution in [0.2, 0.25) is 10.2 Å². The maximum absolute atomic E-state index is 6.14. The van der Waals surface area contributed by atoms with Gasteiger partial charge >= 0.3 is 0 Å². The molecule has 1 unspecified atom stereocenters. The van der Waals surface area contributed by atoms with Gasteiger partial charge in [-0.1, -0.05) is 23.2 Å². The van der Waals surface area contributed by atoms with Crippen molar-refractivity contribution in [3.63, 3.8) is 0 Å². The summed E-state index contributed by atoms with van der Waals surface area (Å²) in [7, 11) is 3.70. The highest BCUT2D eigenvalue weighted by atomic mass is 35.5. The van der Waals surface area contributed by atoms with Gasteiger partial charge in [0.2, 0.25) is 0 Å². The smallest absolute Gasteiger partial charge is 0.191 e. The monoisotopic (exact) mass is 419 g/mol. The molecule has 2 saturated heterocycles.